The van der Waals surface area contributed by atoms with Crippen molar-refractivity contribution < 1.29 is 24.2 Å². The Labute approximate surface area is 142 Å². The molecule has 0 aliphatic carbocycles. The number of carbonyl (C=O) groups is 3. The van der Waals surface area contributed by atoms with Gasteiger partial charge in [0.05, 0.1) is 12.0 Å². The van der Waals surface area contributed by atoms with Gasteiger partial charge in [-0.1, -0.05) is 30.3 Å². The van der Waals surface area contributed by atoms with Crippen molar-refractivity contribution in [2.24, 2.45) is 5.92 Å². The van der Waals surface area contributed by atoms with Crippen LogP contribution in [0.4, 0.5) is 4.79 Å². The second kappa shape index (κ2) is 8.47. The van der Waals surface area contributed by atoms with Crippen molar-refractivity contribution in [2.75, 3.05) is 0 Å². The van der Waals surface area contributed by atoms with E-state index >= 15 is 0 Å². The Morgan fingerprint density at radius 1 is 1.17 bits per heavy atom. The Morgan fingerprint density at radius 2 is 1.75 bits per heavy atom. The summed E-state index contributed by atoms with van der Waals surface area (Å²) in [5.41, 5.74) is 0.189. The summed E-state index contributed by atoms with van der Waals surface area (Å²) in [5, 5.41) is 11.8. The lowest BCUT2D eigenvalue weighted by atomic mass is 9.92. The number of ether oxygens (including phenoxy) is 1. The van der Waals surface area contributed by atoms with Crippen LogP contribution in [0.1, 0.15) is 39.7 Å². The number of Topliss-reactive ketones (excluding diaryl/α,β-unsaturated/α-hetero) is 1. The van der Waals surface area contributed by atoms with Crippen molar-refractivity contribution >= 4 is 17.8 Å². The lowest BCUT2D eigenvalue weighted by Gasteiger charge is -2.22. The molecule has 2 N–H and O–H groups in total. The molecule has 0 fully saturated rings. The number of amides is 1. The number of alkyl carbamates (subject to hydrolysis) is 1. The molecular formula is C18H25NO5. The van der Waals surface area contributed by atoms with E-state index < -0.39 is 29.6 Å². The first kappa shape index (κ1) is 19.7. The molecule has 1 aromatic rings. The summed E-state index contributed by atoms with van der Waals surface area (Å²) in [6.07, 6.45) is -0.583. The number of benzene rings is 1. The average molecular weight is 335 g/mol. The zero-order chi connectivity index (χ0) is 18.3. The SMILES string of the molecule is C[C@H](NC(=O)OC(C)(C)C)C(=O)C[C@H](Cc1ccccc1)C(=O)O. The fourth-order valence-electron chi connectivity index (χ4n) is 2.13. The topological polar surface area (TPSA) is 92.7 Å². The molecule has 2 atom stereocenters. The van der Waals surface area contributed by atoms with Crippen LogP contribution in [0.3, 0.4) is 0 Å². The van der Waals surface area contributed by atoms with Crippen LogP contribution in [-0.2, 0) is 20.7 Å². The Hall–Kier alpha value is -2.37. The van der Waals surface area contributed by atoms with Gasteiger partial charge in [0.1, 0.15) is 5.60 Å². The van der Waals surface area contributed by atoms with Crippen molar-refractivity contribution in [3.8, 4) is 0 Å². The normalized spacial score (nSPS) is 13.7. The maximum Gasteiger partial charge on any atom is 0.408 e. The van der Waals surface area contributed by atoms with Gasteiger partial charge < -0.3 is 15.2 Å². The predicted octanol–water partition coefficient (Wildman–Crippen LogP) is 2.80. The summed E-state index contributed by atoms with van der Waals surface area (Å²) in [5.74, 6) is -2.20. The highest BCUT2D eigenvalue weighted by atomic mass is 16.6. The average Bonchev–Trinajstić information content (AvgIpc) is 2.45. The van der Waals surface area contributed by atoms with Gasteiger partial charge >= 0.3 is 12.1 Å². The summed E-state index contributed by atoms with van der Waals surface area (Å²) in [6, 6.07) is 8.33. The first-order chi connectivity index (χ1) is 11.1. The third kappa shape index (κ3) is 7.26. The fourth-order valence-corrected chi connectivity index (χ4v) is 2.13. The van der Waals surface area contributed by atoms with E-state index in [-0.39, 0.29) is 18.6 Å². The number of hydrogen-bond acceptors (Lipinski definition) is 4. The van der Waals surface area contributed by atoms with Crippen molar-refractivity contribution in [1.29, 1.82) is 0 Å². The van der Waals surface area contributed by atoms with Crippen LogP contribution in [0.5, 0.6) is 0 Å². The lowest BCUT2D eigenvalue weighted by Crippen LogP contribution is -2.42. The molecule has 0 aliphatic heterocycles. The standard InChI is InChI=1S/C18H25NO5/c1-12(19-17(23)24-18(2,3)4)15(20)11-14(16(21)22)10-13-8-6-5-7-9-13/h5-9,12,14H,10-11H2,1-4H3,(H,19,23)(H,21,22)/t12-,14-/m0/s1. The molecule has 6 heteroatoms. The Morgan fingerprint density at radius 3 is 2.25 bits per heavy atom. The zero-order valence-electron chi connectivity index (χ0n) is 14.5. The van der Waals surface area contributed by atoms with Gasteiger partial charge in [-0.3, -0.25) is 9.59 Å². The van der Waals surface area contributed by atoms with E-state index in [9.17, 15) is 19.5 Å². The van der Waals surface area contributed by atoms with Crippen LogP contribution in [0.25, 0.3) is 0 Å². The number of rotatable bonds is 7. The molecule has 1 aromatic carbocycles. The highest BCUT2D eigenvalue weighted by Gasteiger charge is 2.26. The molecule has 0 saturated heterocycles. The first-order valence-electron chi connectivity index (χ1n) is 7.87. The maximum absolute atomic E-state index is 12.2. The highest BCUT2D eigenvalue weighted by molar-refractivity contribution is 5.90. The predicted molar refractivity (Wildman–Crippen MR) is 89.7 cm³/mol. The minimum Gasteiger partial charge on any atom is -0.481 e. The molecule has 0 spiro atoms. The van der Waals surface area contributed by atoms with Gasteiger partial charge in [0.25, 0.3) is 0 Å². The molecule has 6 nitrogen and oxygen atoms in total. The van der Waals surface area contributed by atoms with Gasteiger partial charge in [-0.15, -0.1) is 0 Å². The molecule has 1 rings (SSSR count). The van der Waals surface area contributed by atoms with Crippen molar-refractivity contribution in [2.45, 2.75) is 52.2 Å². The molecule has 0 radical (unpaired) electrons. The number of carbonyl (C=O) groups excluding carboxylic acids is 2. The molecule has 0 unspecified atom stereocenters. The Balaban J connectivity index is 2.61. The van der Waals surface area contributed by atoms with E-state index in [4.69, 9.17) is 4.74 Å². The van der Waals surface area contributed by atoms with E-state index in [1.165, 1.54) is 6.92 Å². The quantitative estimate of drug-likeness (QED) is 0.799. The van der Waals surface area contributed by atoms with Crippen LogP contribution in [0.15, 0.2) is 30.3 Å². The third-order valence-corrected chi connectivity index (χ3v) is 3.34. The van der Waals surface area contributed by atoms with Gasteiger partial charge in [-0.2, -0.15) is 0 Å². The van der Waals surface area contributed by atoms with E-state index in [0.717, 1.165) is 5.56 Å². The number of nitrogens with one attached hydrogen (secondary N) is 1. The second-order valence-corrected chi connectivity index (χ2v) is 6.76. The van der Waals surface area contributed by atoms with Crippen LogP contribution < -0.4 is 5.32 Å². The Kier molecular flexibility index (Phi) is 6.95. The van der Waals surface area contributed by atoms with E-state index in [1.807, 2.05) is 30.3 Å². The van der Waals surface area contributed by atoms with Crippen molar-refractivity contribution in [3.05, 3.63) is 35.9 Å². The number of hydrogen-bond donors (Lipinski definition) is 2. The van der Waals surface area contributed by atoms with E-state index in [0.29, 0.717) is 0 Å². The zero-order valence-corrected chi connectivity index (χ0v) is 14.5. The van der Waals surface area contributed by atoms with Crippen LogP contribution >= 0.6 is 0 Å². The van der Waals surface area contributed by atoms with E-state index in [2.05, 4.69) is 5.32 Å². The Bertz CT molecular complexity index is 577. The summed E-state index contributed by atoms with van der Waals surface area (Å²) in [6.45, 7) is 6.69. The van der Waals surface area contributed by atoms with Crippen molar-refractivity contribution in [3.63, 3.8) is 0 Å². The van der Waals surface area contributed by atoms with Gasteiger partial charge in [-0.05, 0) is 39.7 Å². The van der Waals surface area contributed by atoms with Crippen molar-refractivity contribution in [1.82, 2.24) is 5.32 Å². The van der Waals surface area contributed by atoms with Gasteiger partial charge in [0, 0.05) is 6.42 Å². The molecule has 0 saturated carbocycles. The van der Waals surface area contributed by atoms with Gasteiger partial charge in [0.15, 0.2) is 5.78 Å². The first-order valence-corrected chi connectivity index (χ1v) is 7.87. The molecule has 24 heavy (non-hydrogen) atoms. The maximum atomic E-state index is 12.2. The molecular weight excluding hydrogens is 310 g/mol. The van der Waals surface area contributed by atoms with Gasteiger partial charge in [-0.25, -0.2) is 4.79 Å². The summed E-state index contributed by atoms with van der Waals surface area (Å²) >= 11 is 0. The fraction of sp³-hybridized carbons (Fsp3) is 0.500. The third-order valence-electron chi connectivity index (χ3n) is 3.34. The monoisotopic (exact) mass is 335 g/mol. The second-order valence-electron chi connectivity index (χ2n) is 6.76. The highest BCUT2D eigenvalue weighted by Crippen LogP contribution is 2.15. The smallest absolute Gasteiger partial charge is 0.408 e. The molecule has 0 heterocycles. The number of carboxylic acid groups (broad SMARTS) is 1. The molecule has 1 amide bonds. The van der Waals surface area contributed by atoms with Gasteiger partial charge in [0.2, 0.25) is 0 Å². The molecule has 0 aromatic heterocycles. The number of ketones is 1. The summed E-state index contributed by atoms with van der Waals surface area (Å²) in [4.78, 5) is 35.3. The molecule has 0 aliphatic rings. The summed E-state index contributed by atoms with van der Waals surface area (Å²) in [7, 11) is 0. The minimum absolute atomic E-state index is 0.152. The van der Waals surface area contributed by atoms with Crippen LogP contribution in [0.2, 0.25) is 0 Å². The largest absolute Gasteiger partial charge is 0.481 e. The van der Waals surface area contributed by atoms with Crippen LogP contribution in [-0.4, -0.2) is 34.6 Å². The molecule has 0 bridgehead atoms. The summed E-state index contributed by atoms with van der Waals surface area (Å²) < 4.78 is 5.09. The number of aliphatic carboxylic acids is 1. The number of carboxylic acids is 1. The lowest BCUT2D eigenvalue weighted by molar-refractivity contribution is -0.143. The van der Waals surface area contributed by atoms with Crippen LogP contribution in [0, 0.1) is 5.92 Å². The van der Waals surface area contributed by atoms with E-state index in [1.54, 1.807) is 20.8 Å². The molecule has 132 valence electrons. The minimum atomic E-state index is -1.03.